The topological polar surface area (TPSA) is 71.0 Å². The van der Waals surface area contributed by atoms with Crippen LogP contribution in [0, 0.1) is 11.7 Å². The largest absolute Gasteiger partial charge is 0.347 e. The van der Waals surface area contributed by atoms with Crippen LogP contribution < -0.4 is 10.2 Å². The van der Waals surface area contributed by atoms with Gasteiger partial charge in [-0.05, 0) is 42.7 Å². The Hall–Kier alpha value is -2.58. The van der Waals surface area contributed by atoms with Crippen LogP contribution in [0.1, 0.15) is 23.4 Å². The summed E-state index contributed by atoms with van der Waals surface area (Å²) in [5.74, 6) is 0.186. The molecule has 1 N–H and O–H groups in total. The number of nitrogens with zero attached hydrogens (tertiary/aromatic N) is 4. The monoisotopic (exact) mass is 431 g/mol. The van der Waals surface area contributed by atoms with E-state index < -0.39 is 0 Å². The lowest BCUT2D eigenvalue weighted by atomic mass is 9.96. The van der Waals surface area contributed by atoms with E-state index in [0.29, 0.717) is 17.3 Å². The van der Waals surface area contributed by atoms with Gasteiger partial charge in [0, 0.05) is 31.6 Å². The minimum absolute atomic E-state index is 0.0197. The quantitative estimate of drug-likeness (QED) is 0.656. The van der Waals surface area contributed by atoms with Crippen molar-refractivity contribution in [3.05, 3.63) is 64.0 Å². The Bertz CT molecular complexity index is 971. The first-order valence-electron chi connectivity index (χ1n) is 9.31. The first-order chi connectivity index (χ1) is 14.1. The molecular weight excluding hydrogens is 413 g/mol. The van der Waals surface area contributed by atoms with Gasteiger partial charge in [-0.15, -0.1) is 10.2 Å². The van der Waals surface area contributed by atoms with Gasteiger partial charge in [0.1, 0.15) is 16.6 Å². The highest BCUT2D eigenvalue weighted by Crippen LogP contribution is 2.28. The molecule has 0 aliphatic carbocycles. The number of anilines is 2. The summed E-state index contributed by atoms with van der Waals surface area (Å²) in [4.78, 5) is 18.7. The van der Waals surface area contributed by atoms with Crippen LogP contribution in [0.4, 0.5) is 15.3 Å². The standard InChI is InChI=1S/C20H19ClFN5OS/c21-15-3-6-17(23-12-15)24-19(28)14-7-9-27(10-8-14)20-26-25-18(29-20)11-13-1-4-16(22)5-2-13/h1-6,12,14H,7-11H2,(H,23,24,28). The fourth-order valence-electron chi connectivity index (χ4n) is 3.23. The second kappa shape index (κ2) is 8.84. The predicted octanol–water partition coefficient (Wildman–Crippen LogP) is 4.17. The normalized spacial score (nSPS) is 14.8. The lowest BCUT2D eigenvalue weighted by Gasteiger charge is -2.30. The van der Waals surface area contributed by atoms with Crippen LogP contribution in [0.5, 0.6) is 0 Å². The summed E-state index contributed by atoms with van der Waals surface area (Å²) in [5, 5.41) is 13.7. The van der Waals surface area contributed by atoms with E-state index in [-0.39, 0.29) is 17.6 Å². The summed E-state index contributed by atoms with van der Waals surface area (Å²) in [5.41, 5.74) is 1.00. The van der Waals surface area contributed by atoms with Gasteiger partial charge in [0.2, 0.25) is 11.0 Å². The van der Waals surface area contributed by atoms with Crippen molar-refractivity contribution < 1.29 is 9.18 Å². The van der Waals surface area contributed by atoms with Crippen LogP contribution >= 0.6 is 22.9 Å². The van der Waals surface area contributed by atoms with Gasteiger partial charge in [-0.3, -0.25) is 4.79 Å². The van der Waals surface area contributed by atoms with Crippen LogP contribution in [0.15, 0.2) is 42.6 Å². The van der Waals surface area contributed by atoms with Crippen molar-refractivity contribution in [3.63, 3.8) is 0 Å². The molecule has 6 nitrogen and oxygen atoms in total. The summed E-state index contributed by atoms with van der Waals surface area (Å²) in [6, 6.07) is 9.82. The number of halogens is 2. The molecule has 0 spiro atoms. The van der Waals surface area contributed by atoms with Crippen molar-refractivity contribution >= 4 is 39.8 Å². The van der Waals surface area contributed by atoms with Gasteiger partial charge in [0.15, 0.2) is 0 Å². The smallest absolute Gasteiger partial charge is 0.228 e. The highest BCUT2D eigenvalue weighted by molar-refractivity contribution is 7.15. The van der Waals surface area contributed by atoms with E-state index in [9.17, 15) is 9.18 Å². The Morgan fingerprint density at radius 3 is 2.62 bits per heavy atom. The maximum Gasteiger partial charge on any atom is 0.228 e. The molecule has 3 heterocycles. The van der Waals surface area contributed by atoms with E-state index in [1.807, 2.05) is 0 Å². The minimum atomic E-state index is -0.245. The Labute approximate surface area is 176 Å². The molecule has 1 aromatic carbocycles. The van der Waals surface area contributed by atoms with Crippen molar-refractivity contribution in [3.8, 4) is 0 Å². The number of piperidine rings is 1. The van der Waals surface area contributed by atoms with E-state index in [1.54, 1.807) is 24.3 Å². The van der Waals surface area contributed by atoms with Crippen molar-refractivity contribution in [2.45, 2.75) is 19.3 Å². The van der Waals surface area contributed by atoms with Crippen LogP contribution in [0.3, 0.4) is 0 Å². The molecule has 0 unspecified atom stereocenters. The molecule has 150 valence electrons. The molecule has 4 rings (SSSR count). The molecule has 0 radical (unpaired) electrons. The fourth-order valence-corrected chi connectivity index (χ4v) is 4.27. The third-order valence-electron chi connectivity index (χ3n) is 4.84. The van der Waals surface area contributed by atoms with E-state index in [4.69, 9.17) is 11.6 Å². The van der Waals surface area contributed by atoms with Crippen molar-refractivity contribution in [2.75, 3.05) is 23.3 Å². The molecule has 1 fully saturated rings. The fraction of sp³-hybridized carbons (Fsp3) is 0.300. The molecule has 0 atom stereocenters. The molecular formula is C20H19ClFN5OS. The summed E-state index contributed by atoms with van der Waals surface area (Å²) in [7, 11) is 0. The first-order valence-corrected chi connectivity index (χ1v) is 10.5. The number of benzene rings is 1. The number of amides is 1. The van der Waals surface area contributed by atoms with Crippen LogP contribution in [-0.2, 0) is 11.2 Å². The van der Waals surface area contributed by atoms with Crippen LogP contribution in [0.2, 0.25) is 5.02 Å². The Morgan fingerprint density at radius 1 is 1.17 bits per heavy atom. The molecule has 1 saturated heterocycles. The van der Waals surface area contributed by atoms with Crippen molar-refractivity contribution in [1.29, 1.82) is 0 Å². The summed E-state index contributed by atoms with van der Waals surface area (Å²) < 4.78 is 13.0. The number of carbonyl (C=O) groups excluding carboxylic acids is 1. The number of aromatic nitrogens is 3. The number of nitrogens with one attached hydrogen (secondary N) is 1. The summed E-state index contributed by atoms with van der Waals surface area (Å²) in [6.07, 6.45) is 3.63. The van der Waals surface area contributed by atoms with Gasteiger partial charge in [0.25, 0.3) is 0 Å². The third-order valence-corrected chi connectivity index (χ3v) is 6.05. The zero-order valence-electron chi connectivity index (χ0n) is 15.5. The zero-order chi connectivity index (χ0) is 20.2. The van der Waals surface area contributed by atoms with E-state index in [2.05, 4.69) is 25.4 Å². The zero-order valence-corrected chi connectivity index (χ0v) is 17.1. The van der Waals surface area contributed by atoms with E-state index in [0.717, 1.165) is 41.6 Å². The molecule has 0 bridgehead atoms. The second-order valence-corrected chi connectivity index (χ2v) is 8.37. The van der Waals surface area contributed by atoms with E-state index in [1.165, 1.54) is 29.7 Å². The third kappa shape index (κ3) is 5.07. The summed E-state index contributed by atoms with van der Waals surface area (Å²) in [6.45, 7) is 1.49. The van der Waals surface area contributed by atoms with Crippen LogP contribution in [-0.4, -0.2) is 34.2 Å². The average Bonchev–Trinajstić information content (AvgIpc) is 3.20. The average molecular weight is 432 g/mol. The molecule has 1 amide bonds. The maximum atomic E-state index is 13.0. The number of carbonyl (C=O) groups is 1. The van der Waals surface area contributed by atoms with Gasteiger partial charge >= 0.3 is 0 Å². The van der Waals surface area contributed by atoms with Gasteiger partial charge < -0.3 is 10.2 Å². The van der Waals surface area contributed by atoms with E-state index >= 15 is 0 Å². The number of rotatable bonds is 5. The molecule has 2 aromatic heterocycles. The second-order valence-electron chi connectivity index (χ2n) is 6.89. The van der Waals surface area contributed by atoms with Gasteiger partial charge in [-0.1, -0.05) is 35.1 Å². The van der Waals surface area contributed by atoms with Gasteiger partial charge in [0.05, 0.1) is 5.02 Å². The molecule has 0 saturated carbocycles. The predicted molar refractivity (Wildman–Crippen MR) is 112 cm³/mol. The Kier molecular flexibility index (Phi) is 6.01. The SMILES string of the molecule is O=C(Nc1ccc(Cl)cn1)C1CCN(c2nnc(Cc3ccc(F)cc3)s2)CC1. The lowest BCUT2D eigenvalue weighted by Crippen LogP contribution is -2.38. The molecule has 1 aliphatic rings. The molecule has 1 aliphatic heterocycles. The number of pyridine rings is 1. The highest BCUT2D eigenvalue weighted by Gasteiger charge is 2.27. The van der Waals surface area contributed by atoms with Crippen LogP contribution in [0.25, 0.3) is 0 Å². The summed E-state index contributed by atoms with van der Waals surface area (Å²) >= 11 is 7.36. The van der Waals surface area contributed by atoms with Crippen molar-refractivity contribution in [1.82, 2.24) is 15.2 Å². The van der Waals surface area contributed by atoms with Crippen molar-refractivity contribution in [2.24, 2.45) is 5.92 Å². The molecule has 3 aromatic rings. The highest BCUT2D eigenvalue weighted by atomic mass is 35.5. The van der Waals surface area contributed by atoms with Gasteiger partial charge in [-0.25, -0.2) is 9.37 Å². The number of hydrogen-bond acceptors (Lipinski definition) is 6. The van der Waals surface area contributed by atoms with Gasteiger partial charge in [-0.2, -0.15) is 0 Å². The maximum absolute atomic E-state index is 13.0. The molecule has 9 heteroatoms. The number of hydrogen-bond donors (Lipinski definition) is 1. The molecule has 29 heavy (non-hydrogen) atoms. The lowest BCUT2D eigenvalue weighted by molar-refractivity contribution is -0.120. The Morgan fingerprint density at radius 2 is 1.93 bits per heavy atom. The first kappa shape index (κ1) is 19.7. The minimum Gasteiger partial charge on any atom is -0.347 e. The Balaban J connectivity index is 1.30.